The molecule has 0 aliphatic carbocycles. The van der Waals surface area contributed by atoms with E-state index in [1.807, 2.05) is 0 Å². The zero-order valence-corrected chi connectivity index (χ0v) is 8.19. The lowest BCUT2D eigenvalue weighted by Crippen LogP contribution is -2.06. The van der Waals surface area contributed by atoms with E-state index in [-0.39, 0.29) is 0 Å². The van der Waals surface area contributed by atoms with Crippen molar-refractivity contribution in [2.24, 2.45) is 5.22 Å². The Labute approximate surface area is 81.6 Å². The quantitative estimate of drug-likeness (QED) is 0.417. The Morgan fingerprint density at radius 2 is 2.00 bits per heavy atom. The number of halogens is 1. The molecule has 0 bridgehead atoms. The van der Waals surface area contributed by atoms with Crippen molar-refractivity contribution in [3.05, 3.63) is 34.5 Å². The van der Waals surface area contributed by atoms with Gasteiger partial charge in [0.25, 0.3) is 0 Å². The van der Waals surface area contributed by atoms with E-state index >= 15 is 0 Å². The molecule has 0 saturated carbocycles. The monoisotopic (exact) mass is 199 g/mol. The molecule has 0 N–H and O–H groups in total. The van der Waals surface area contributed by atoms with Gasteiger partial charge in [-0.2, -0.15) is 5.01 Å². The maximum atomic E-state index is 11.3. The van der Waals surface area contributed by atoms with E-state index < -0.39 is 0 Å². The standard InChI is InChI=1S/C8H10ClN3O/c1-11(2)10-12(13)8-6-4-3-5-7(8)9/h3-6H,1-2H3/b12-10-. The maximum Gasteiger partial charge on any atom is 0.172 e. The largest absolute Gasteiger partial charge is 0.691 e. The van der Waals surface area contributed by atoms with E-state index in [0.29, 0.717) is 15.6 Å². The van der Waals surface area contributed by atoms with Crippen molar-refractivity contribution in [3.63, 3.8) is 0 Å². The fourth-order valence-electron chi connectivity index (χ4n) is 0.818. The Morgan fingerprint density at radius 1 is 1.38 bits per heavy atom. The molecular formula is C8H10ClN3O. The van der Waals surface area contributed by atoms with Gasteiger partial charge in [-0.05, 0) is 12.1 Å². The second-order valence-electron chi connectivity index (χ2n) is 2.66. The molecule has 0 atom stereocenters. The highest BCUT2D eigenvalue weighted by Gasteiger charge is 2.03. The predicted octanol–water partition coefficient (Wildman–Crippen LogP) is 2.41. The molecule has 0 unspecified atom stereocenters. The molecule has 0 amide bonds. The zero-order chi connectivity index (χ0) is 9.84. The van der Waals surface area contributed by atoms with Crippen LogP contribution in [0.25, 0.3) is 0 Å². The fraction of sp³-hybridized carbons (Fsp3) is 0.250. The first-order chi connectivity index (χ1) is 6.11. The Balaban J connectivity index is 3.02. The smallest absolute Gasteiger partial charge is 0.172 e. The molecule has 70 valence electrons. The van der Waals surface area contributed by atoms with Crippen LogP contribution in [-0.2, 0) is 0 Å². The van der Waals surface area contributed by atoms with Crippen molar-refractivity contribution >= 4 is 17.3 Å². The van der Waals surface area contributed by atoms with Crippen LogP contribution in [0, 0.1) is 5.21 Å². The molecule has 1 aromatic carbocycles. The average molecular weight is 200 g/mol. The molecule has 1 rings (SSSR count). The third kappa shape index (κ3) is 2.59. The molecule has 0 spiro atoms. The van der Waals surface area contributed by atoms with E-state index in [9.17, 15) is 5.21 Å². The number of hydrogen-bond acceptors (Lipinski definition) is 2. The van der Waals surface area contributed by atoms with Gasteiger partial charge in [0, 0.05) is 0 Å². The normalized spacial score (nSPS) is 11.5. The summed E-state index contributed by atoms with van der Waals surface area (Å²) in [5.41, 5.74) is 0.345. The molecule has 0 fully saturated rings. The minimum atomic E-state index is 0.345. The van der Waals surface area contributed by atoms with Gasteiger partial charge in [0.15, 0.2) is 5.69 Å². The first-order valence-electron chi connectivity index (χ1n) is 3.72. The zero-order valence-electron chi connectivity index (χ0n) is 7.44. The number of para-hydroxylation sites is 1. The first-order valence-corrected chi connectivity index (χ1v) is 4.09. The van der Waals surface area contributed by atoms with Crippen molar-refractivity contribution in [1.29, 1.82) is 0 Å². The average Bonchev–Trinajstić information content (AvgIpc) is 2.03. The van der Waals surface area contributed by atoms with Crippen LogP contribution in [0.1, 0.15) is 0 Å². The van der Waals surface area contributed by atoms with Gasteiger partial charge in [-0.15, -0.1) is 4.86 Å². The molecule has 1 aromatic rings. The van der Waals surface area contributed by atoms with Gasteiger partial charge < -0.3 is 5.21 Å². The molecule has 0 aromatic heterocycles. The summed E-state index contributed by atoms with van der Waals surface area (Å²) in [5, 5.41) is 16.7. The Bertz CT molecular complexity index is 325. The van der Waals surface area contributed by atoms with Crippen LogP contribution in [-0.4, -0.2) is 24.0 Å². The third-order valence-electron chi connectivity index (χ3n) is 1.32. The summed E-state index contributed by atoms with van der Waals surface area (Å²) in [4.78, 5) is 0.488. The summed E-state index contributed by atoms with van der Waals surface area (Å²) in [6.45, 7) is 0. The van der Waals surface area contributed by atoms with Crippen LogP contribution in [0.2, 0.25) is 5.02 Å². The number of benzene rings is 1. The summed E-state index contributed by atoms with van der Waals surface area (Å²) in [6.07, 6.45) is 0. The van der Waals surface area contributed by atoms with Gasteiger partial charge in [-0.25, -0.2) is 0 Å². The summed E-state index contributed by atoms with van der Waals surface area (Å²) >= 11 is 5.78. The van der Waals surface area contributed by atoms with Crippen LogP contribution in [0.15, 0.2) is 29.5 Å². The molecular weight excluding hydrogens is 190 g/mol. The lowest BCUT2D eigenvalue weighted by molar-refractivity contribution is -0.459. The number of hydrogen-bond donors (Lipinski definition) is 0. The van der Waals surface area contributed by atoms with E-state index in [0.717, 1.165) is 0 Å². The number of rotatable bonds is 2. The highest BCUT2D eigenvalue weighted by atomic mass is 35.5. The molecule has 5 heteroatoms. The minimum absolute atomic E-state index is 0.345. The third-order valence-corrected chi connectivity index (χ3v) is 1.64. The predicted molar refractivity (Wildman–Crippen MR) is 50.9 cm³/mol. The highest BCUT2D eigenvalue weighted by Crippen LogP contribution is 2.23. The van der Waals surface area contributed by atoms with Gasteiger partial charge in [0.1, 0.15) is 0 Å². The van der Waals surface area contributed by atoms with Gasteiger partial charge in [-0.3, -0.25) is 0 Å². The van der Waals surface area contributed by atoms with E-state index in [2.05, 4.69) is 5.22 Å². The van der Waals surface area contributed by atoms with Gasteiger partial charge in [0.05, 0.1) is 24.3 Å². The Morgan fingerprint density at radius 3 is 2.54 bits per heavy atom. The van der Waals surface area contributed by atoms with Gasteiger partial charge in [-0.1, -0.05) is 23.7 Å². The lowest BCUT2D eigenvalue weighted by Gasteiger charge is -2.08. The van der Waals surface area contributed by atoms with Crippen molar-refractivity contribution in [3.8, 4) is 0 Å². The van der Waals surface area contributed by atoms with E-state index in [4.69, 9.17) is 11.6 Å². The van der Waals surface area contributed by atoms with Crippen LogP contribution >= 0.6 is 11.6 Å². The molecule has 0 radical (unpaired) electrons. The summed E-state index contributed by atoms with van der Waals surface area (Å²) < 4.78 is 0. The van der Waals surface area contributed by atoms with Crippen molar-refractivity contribution < 1.29 is 4.86 Å². The Hall–Kier alpha value is -1.29. The maximum absolute atomic E-state index is 11.3. The second kappa shape index (κ2) is 4.09. The van der Waals surface area contributed by atoms with E-state index in [1.54, 1.807) is 38.4 Å². The molecule has 0 aliphatic heterocycles. The molecule has 0 aliphatic rings. The van der Waals surface area contributed by atoms with Crippen molar-refractivity contribution in [2.45, 2.75) is 0 Å². The van der Waals surface area contributed by atoms with Crippen LogP contribution in [0.4, 0.5) is 5.69 Å². The first kappa shape index (κ1) is 9.80. The highest BCUT2D eigenvalue weighted by molar-refractivity contribution is 6.32. The van der Waals surface area contributed by atoms with Gasteiger partial charge >= 0.3 is 0 Å². The van der Waals surface area contributed by atoms with E-state index in [1.165, 1.54) is 5.01 Å². The van der Waals surface area contributed by atoms with Crippen LogP contribution in [0.3, 0.4) is 0 Å². The molecule has 0 heterocycles. The van der Waals surface area contributed by atoms with Crippen LogP contribution < -0.4 is 0 Å². The van der Waals surface area contributed by atoms with Crippen molar-refractivity contribution in [1.82, 2.24) is 5.01 Å². The minimum Gasteiger partial charge on any atom is -0.691 e. The summed E-state index contributed by atoms with van der Waals surface area (Å²) in [7, 11) is 3.34. The van der Waals surface area contributed by atoms with Crippen molar-refractivity contribution in [2.75, 3.05) is 14.1 Å². The lowest BCUT2D eigenvalue weighted by atomic mass is 10.3. The molecule has 4 nitrogen and oxygen atoms in total. The molecule has 13 heavy (non-hydrogen) atoms. The number of nitrogens with zero attached hydrogens (tertiary/aromatic N) is 3. The summed E-state index contributed by atoms with van der Waals surface area (Å²) in [5.74, 6) is 0. The second-order valence-corrected chi connectivity index (χ2v) is 3.07. The topological polar surface area (TPSA) is 41.7 Å². The van der Waals surface area contributed by atoms with Gasteiger partial charge in [0.2, 0.25) is 0 Å². The molecule has 0 saturated heterocycles. The fourth-order valence-corrected chi connectivity index (χ4v) is 1.03. The Kier molecular flexibility index (Phi) is 3.08. The SMILES string of the molecule is CN(C)/N=[N+](\[O-])c1ccccc1Cl. The van der Waals surface area contributed by atoms with Crippen LogP contribution in [0.5, 0.6) is 0 Å². The summed E-state index contributed by atoms with van der Waals surface area (Å²) in [6, 6.07) is 6.75.